The van der Waals surface area contributed by atoms with E-state index in [-0.39, 0.29) is 29.6 Å². The molecule has 7 nitrogen and oxygen atoms in total. The molecular formula is C25H31N3O4S. The van der Waals surface area contributed by atoms with E-state index in [1.165, 1.54) is 6.07 Å². The minimum absolute atomic E-state index is 0.0436. The van der Waals surface area contributed by atoms with Crippen LogP contribution in [0.1, 0.15) is 50.2 Å². The van der Waals surface area contributed by atoms with Gasteiger partial charge in [-0.1, -0.05) is 19.1 Å². The van der Waals surface area contributed by atoms with E-state index in [1.807, 2.05) is 30.0 Å². The van der Waals surface area contributed by atoms with E-state index in [9.17, 15) is 18.0 Å². The highest BCUT2D eigenvalue weighted by Gasteiger charge is 2.27. The standard InChI is InChI=1S/C25H31N3O4S/c1-2-19-7-6-8-21(17-19)26-33(31,32)22-9-10-23-20(18-22)13-16-28(23)25(30)12-11-24(29)27-14-4-3-5-15-27/h6-10,17-18,26H,2-5,11-16H2,1H3. The average Bonchev–Trinajstić information content (AvgIpc) is 3.26. The summed E-state index contributed by atoms with van der Waals surface area (Å²) in [6, 6.07) is 12.2. The number of benzene rings is 2. The number of anilines is 2. The van der Waals surface area contributed by atoms with Gasteiger partial charge < -0.3 is 9.80 Å². The molecule has 176 valence electrons. The number of nitrogens with zero attached hydrogens (tertiary/aromatic N) is 2. The van der Waals surface area contributed by atoms with Crippen LogP contribution in [0.25, 0.3) is 0 Å². The molecule has 0 unspecified atom stereocenters. The number of piperidine rings is 1. The van der Waals surface area contributed by atoms with Crippen molar-refractivity contribution in [1.29, 1.82) is 0 Å². The van der Waals surface area contributed by atoms with Crippen molar-refractivity contribution in [3.63, 3.8) is 0 Å². The fourth-order valence-corrected chi connectivity index (χ4v) is 5.62. The number of carbonyl (C=O) groups excluding carboxylic acids is 2. The Morgan fingerprint density at radius 1 is 0.939 bits per heavy atom. The van der Waals surface area contributed by atoms with Gasteiger partial charge in [0.05, 0.1) is 4.90 Å². The second-order valence-corrected chi connectivity index (χ2v) is 10.4. The number of fused-ring (bicyclic) bond motifs is 1. The van der Waals surface area contributed by atoms with E-state index >= 15 is 0 Å². The first-order chi connectivity index (χ1) is 15.9. The van der Waals surface area contributed by atoms with Crippen LogP contribution in [0.3, 0.4) is 0 Å². The fourth-order valence-electron chi connectivity index (χ4n) is 4.52. The molecule has 2 aromatic carbocycles. The highest BCUT2D eigenvalue weighted by atomic mass is 32.2. The predicted molar refractivity (Wildman–Crippen MR) is 129 cm³/mol. The summed E-state index contributed by atoms with van der Waals surface area (Å²) in [4.78, 5) is 28.9. The molecule has 1 saturated heterocycles. The molecule has 1 N–H and O–H groups in total. The zero-order valence-electron chi connectivity index (χ0n) is 19.0. The molecule has 2 aromatic rings. The largest absolute Gasteiger partial charge is 0.343 e. The number of sulfonamides is 1. The molecule has 2 amide bonds. The third-order valence-corrected chi connectivity index (χ3v) is 7.79. The van der Waals surface area contributed by atoms with Crippen LogP contribution < -0.4 is 9.62 Å². The first-order valence-electron chi connectivity index (χ1n) is 11.7. The van der Waals surface area contributed by atoms with Crippen molar-refractivity contribution < 1.29 is 18.0 Å². The van der Waals surface area contributed by atoms with Crippen molar-refractivity contribution in [2.75, 3.05) is 29.3 Å². The van der Waals surface area contributed by atoms with Crippen LogP contribution in [-0.2, 0) is 32.5 Å². The quantitative estimate of drug-likeness (QED) is 0.669. The second kappa shape index (κ2) is 9.95. The van der Waals surface area contributed by atoms with Gasteiger partial charge in [-0.2, -0.15) is 0 Å². The number of amides is 2. The number of rotatable bonds is 7. The van der Waals surface area contributed by atoms with Gasteiger partial charge in [0.1, 0.15) is 0 Å². The van der Waals surface area contributed by atoms with E-state index in [4.69, 9.17) is 0 Å². The van der Waals surface area contributed by atoms with E-state index in [1.54, 1.807) is 23.1 Å². The molecule has 0 radical (unpaired) electrons. The SMILES string of the molecule is CCc1cccc(NS(=O)(=O)c2ccc3c(c2)CCN3C(=O)CCC(=O)N2CCCCC2)c1. The van der Waals surface area contributed by atoms with Gasteiger partial charge >= 0.3 is 0 Å². The maximum absolute atomic E-state index is 12.9. The number of hydrogen-bond donors (Lipinski definition) is 1. The molecule has 0 atom stereocenters. The van der Waals surface area contributed by atoms with Crippen LogP contribution in [0, 0.1) is 0 Å². The molecule has 1 fully saturated rings. The summed E-state index contributed by atoms with van der Waals surface area (Å²) < 4.78 is 28.5. The topological polar surface area (TPSA) is 86.8 Å². The Balaban J connectivity index is 1.41. The van der Waals surface area contributed by atoms with Gasteiger partial charge in [0, 0.05) is 43.9 Å². The zero-order chi connectivity index (χ0) is 23.4. The van der Waals surface area contributed by atoms with Crippen molar-refractivity contribution in [2.45, 2.75) is 56.8 Å². The third kappa shape index (κ3) is 5.38. The lowest BCUT2D eigenvalue weighted by Crippen LogP contribution is -2.37. The second-order valence-electron chi connectivity index (χ2n) is 8.69. The van der Waals surface area contributed by atoms with E-state index < -0.39 is 10.0 Å². The van der Waals surface area contributed by atoms with Crippen molar-refractivity contribution >= 4 is 33.2 Å². The number of likely N-dealkylation sites (tertiary alicyclic amines) is 1. The molecule has 4 rings (SSSR count). The summed E-state index contributed by atoms with van der Waals surface area (Å²) in [6.45, 7) is 4.09. The molecule has 0 saturated carbocycles. The van der Waals surface area contributed by atoms with Crippen LogP contribution in [0.5, 0.6) is 0 Å². The summed E-state index contributed by atoms with van der Waals surface area (Å²) in [7, 11) is -3.74. The lowest BCUT2D eigenvalue weighted by atomic mass is 10.1. The summed E-state index contributed by atoms with van der Waals surface area (Å²) in [5.74, 6) is -0.0497. The molecule has 0 bridgehead atoms. The summed E-state index contributed by atoms with van der Waals surface area (Å²) >= 11 is 0. The van der Waals surface area contributed by atoms with Crippen LogP contribution in [-0.4, -0.2) is 44.8 Å². The minimum atomic E-state index is -3.74. The highest BCUT2D eigenvalue weighted by Crippen LogP contribution is 2.31. The molecule has 2 heterocycles. The molecule has 0 aliphatic carbocycles. The van der Waals surface area contributed by atoms with E-state index in [0.29, 0.717) is 18.7 Å². The van der Waals surface area contributed by atoms with Crippen LogP contribution in [0.2, 0.25) is 0 Å². The summed E-state index contributed by atoms with van der Waals surface area (Å²) in [5, 5.41) is 0. The average molecular weight is 470 g/mol. The predicted octanol–water partition coefficient (Wildman–Crippen LogP) is 3.73. The Labute approximate surface area is 195 Å². The zero-order valence-corrected chi connectivity index (χ0v) is 19.9. The highest BCUT2D eigenvalue weighted by molar-refractivity contribution is 7.92. The number of carbonyl (C=O) groups is 2. The Morgan fingerprint density at radius 3 is 2.45 bits per heavy atom. The Bertz CT molecular complexity index is 1140. The minimum Gasteiger partial charge on any atom is -0.343 e. The van der Waals surface area contributed by atoms with Crippen molar-refractivity contribution in [1.82, 2.24) is 4.90 Å². The van der Waals surface area contributed by atoms with Gasteiger partial charge in [-0.3, -0.25) is 14.3 Å². The molecule has 0 aromatic heterocycles. The molecule has 2 aliphatic heterocycles. The number of nitrogens with one attached hydrogen (secondary N) is 1. The van der Waals surface area contributed by atoms with Gasteiger partial charge in [0.25, 0.3) is 10.0 Å². The van der Waals surface area contributed by atoms with Crippen LogP contribution in [0.15, 0.2) is 47.4 Å². The Kier molecular flexibility index (Phi) is 7.02. The third-order valence-electron chi connectivity index (χ3n) is 6.41. The lowest BCUT2D eigenvalue weighted by Gasteiger charge is -2.27. The summed E-state index contributed by atoms with van der Waals surface area (Å²) in [5.41, 5.74) is 3.15. The molecule has 0 spiro atoms. The summed E-state index contributed by atoms with van der Waals surface area (Å²) in [6.07, 6.45) is 5.03. The van der Waals surface area contributed by atoms with E-state index in [0.717, 1.165) is 55.6 Å². The maximum Gasteiger partial charge on any atom is 0.261 e. The normalized spacial score (nSPS) is 15.9. The molecule has 33 heavy (non-hydrogen) atoms. The number of aryl methyl sites for hydroxylation is 1. The van der Waals surface area contributed by atoms with Crippen molar-refractivity contribution in [2.24, 2.45) is 0 Å². The molecule has 2 aliphatic rings. The Morgan fingerprint density at radius 2 is 1.70 bits per heavy atom. The van der Waals surface area contributed by atoms with Crippen molar-refractivity contribution in [3.8, 4) is 0 Å². The van der Waals surface area contributed by atoms with Crippen LogP contribution in [0.4, 0.5) is 11.4 Å². The van der Waals surface area contributed by atoms with Gasteiger partial charge in [-0.25, -0.2) is 8.42 Å². The molecule has 8 heteroatoms. The van der Waals surface area contributed by atoms with Gasteiger partial charge in [-0.05, 0) is 73.6 Å². The Hall–Kier alpha value is -2.87. The maximum atomic E-state index is 12.9. The lowest BCUT2D eigenvalue weighted by molar-refractivity contribution is -0.133. The van der Waals surface area contributed by atoms with E-state index in [2.05, 4.69) is 4.72 Å². The number of hydrogen-bond acceptors (Lipinski definition) is 4. The molecular weight excluding hydrogens is 438 g/mol. The first-order valence-corrected chi connectivity index (χ1v) is 13.2. The van der Waals surface area contributed by atoms with Crippen molar-refractivity contribution in [3.05, 3.63) is 53.6 Å². The smallest absolute Gasteiger partial charge is 0.261 e. The van der Waals surface area contributed by atoms with Gasteiger partial charge in [0.2, 0.25) is 11.8 Å². The first kappa shape index (κ1) is 23.3. The fraction of sp³-hybridized carbons (Fsp3) is 0.440. The van der Waals surface area contributed by atoms with Gasteiger partial charge in [0.15, 0.2) is 0 Å². The van der Waals surface area contributed by atoms with Crippen LogP contribution >= 0.6 is 0 Å². The monoisotopic (exact) mass is 469 g/mol. The van der Waals surface area contributed by atoms with Gasteiger partial charge in [-0.15, -0.1) is 0 Å².